The number of hydrogen-bond donors (Lipinski definition) is 1. The highest BCUT2D eigenvalue weighted by Crippen LogP contribution is 2.29. The van der Waals surface area contributed by atoms with Gasteiger partial charge in [0, 0.05) is 18.5 Å². The third-order valence-electron chi connectivity index (χ3n) is 4.28. The van der Waals surface area contributed by atoms with Crippen molar-refractivity contribution >= 4 is 0 Å². The summed E-state index contributed by atoms with van der Waals surface area (Å²) in [5, 5.41) is 7.64. The zero-order chi connectivity index (χ0) is 13.9. The van der Waals surface area contributed by atoms with E-state index in [1.807, 2.05) is 0 Å². The van der Waals surface area contributed by atoms with E-state index in [2.05, 4.69) is 34.2 Å². The number of nitrogens with one attached hydrogen (secondary N) is 1. The maximum absolute atomic E-state index is 5.32. The molecule has 2 fully saturated rings. The van der Waals surface area contributed by atoms with Gasteiger partial charge in [0.15, 0.2) is 5.82 Å². The van der Waals surface area contributed by atoms with E-state index in [1.54, 1.807) is 0 Å². The zero-order valence-electron chi connectivity index (χ0n) is 12.6. The van der Waals surface area contributed by atoms with Gasteiger partial charge in [0.2, 0.25) is 5.89 Å². The van der Waals surface area contributed by atoms with Gasteiger partial charge < -0.3 is 9.84 Å². The maximum Gasteiger partial charge on any atom is 0.229 e. The first-order valence-electron chi connectivity index (χ1n) is 7.99. The molecule has 2 aliphatic rings. The Labute approximate surface area is 121 Å². The van der Waals surface area contributed by atoms with Gasteiger partial charge in [-0.25, -0.2) is 0 Å². The fraction of sp³-hybridized carbons (Fsp3) is 0.867. The van der Waals surface area contributed by atoms with E-state index >= 15 is 0 Å². The molecule has 1 unspecified atom stereocenters. The molecule has 5 heteroatoms. The van der Waals surface area contributed by atoms with Crippen LogP contribution in [-0.2, 0) is 6.54 Å². The lowest BCUT2D eigenvalue weighted by atomic mass is 9.99. The van der Waals surface area contributed by atoms with Crippen molar-refractivity contribution in [3.63, 3.8) is 0 Å². The van der Waals surface area contributed by atoms with E-state index in [4.69, 9.17) is 4.52 Å². The van der Waals surface area contributed by atoms with Crippen LogP contribution < -0.4 is 5.32 Å². The van der Waals surface area contributed by atoms with Gasteiger partial charge in [0.1, 0.15) is 0 Å². The number of nitrogens with zero attached hydrogens (tertiary/aromatic N) is 3. The molecule has 5 nitrogen and oxygen atoms in total. The molecular formula is C15H26N4O. The third-order valence-corrected chi connectivity index (χ3v) is 4.28. The third kappa shape index (κ3) is 3.58. The second kappa shape index (κ2) is 6.22. The van der Waals surface area contributed by atoms with Crippen molar-refractivity contribution < 1.29 is 4.52 Å². The number of rotatable bonds is 6. The highest BCUT2D eigenvalue weighted by Gasteiger charge is 2.32. The van der Waals surface area contributed by atoms with Gasteiger partial charge >= 0.3 is 0 Å². The van der Waals surface area contributed by atoms with Crippen LogP contribution in [0.15, 0.2) is 4.52 Å². The summed E-state index contributed by atoms with van der Waals surface area (Å²) in [4.78, 5) is 7.08. The van der Waals surface area contributed by atoms with Crippen LogP contribution in [0.5, 0.6) is 0 Å². The van der Waals surface area contributed by atoms with E-state index in [0.29, 0.717) is 5.92 Å². The SMILES string of the molecule is CC(C)c1nc(CN(CC2CCCNC2)C2CC2)no1. The van der Waals surface area contributed by atoms with Crippen LogP contribution >= 0.6 is 0 Å². The molecule has 1 aromatic heterocycles. The number of hydrogen-bond acceptors (Lipinski definition) is 5. The Morgan fingerprint density at radius 1 is 1.35 bits per heavy atom. The lowest BCUT2D eigenvalue weighted by molar-refractivity contribution is 0.187. The molecule has 0 radical (unpaired) electrons. The van der Waals surface area contributed by atoms with Crippen LogP contribution in [0, 0.1) is 5.92 Å². The first-order chi connectivity index (χ1) is 9.72. The molecule has 1 aliphatic carbocycles. The summed E-state index contributed by atoms with van der Waals surface area (Å²) in [6.45, 7) is 8.53. The second-order valence-corrected chi connectivity index (χ2v) is 6.58. The van der Waals surface area contributed by atoms with Crippen molar-refractivity contribution in [2.75, 3.05) is 19.6 Å². The highest BCUT2D eigenvalue weighted by atomic mass is 16.5. The Kier molecular flexibility index (Phi) is 4.36. The molecule has 0 aromatic carbocycles. The summed E-state index contributed by atoms with van der Waals surface area (Å²) in [5.41, 5.74) is 0. The molecule has 3 rings (SSSR count). The molecule has 20 heavy (non-hydrogen) atoms. The standard InChI is InChI=1S/C15H26N4O/c1-11(2)15-17-14(18-20-15)10-19(13-5-6-13)9-12-4-3-7-16-8-12/h11-13,16H,3-10H2,1-2H3. The van der Waals surface area contributed by atoms with Crippen LogP contribution in [0.3, 0.4) is 0 Å². The molecule has 0 spiro atoms. The summed E-state index contributed by atoms with van der Waals surface area (Å²) in [6.07, 6.45) is 5.31. The molecule has 1 aromatic rings. The Morgan fingerprint density at radius 2 is 2.20 bits per heavy atom. The predicted octanol–water partition coefficient (Wildman–Crippen LogP) is 2.16. The van der Waals surface area contributed by atoms with Crippen LogP contribution in [0.2, 0.25) is 0 Å². The average molecular weight is 278 g/mol. The molecule has 1 atom stereocenters. The first-order valence-corrected chi connectivity index (χ1v) is 7.99. The van der Waals surface area contributed by atoms with Crippen molar-refractivity contribution in [3.8, 4) is 0 Å². The molecule has 112 valence electrons. The van der Waals surface area contributed by atoms with E-state index in [9.17, 15) is 0 Å². The van der Waals surface area contributed by atoms with Crippen LogP contribution in [0.25, 0.3) is 0 Å². The summed E-state index contributed by atoms with van der Waals surface area (Å²) in [5.74, 6) is 2.70. The van der Waals surface area contributed by atoms with Crippen molar-refractivity contribution in [1.82, 2.24) is 20.4 Å². The summed E-state index contributed by atoms with van der Waals surface area (Å²) in [6, 6.07) is 0.748. The van der Waals surface area contributed by atoms with Crippen LogP contribution in [0.4, 0.5) is 0 Å². The summed E-state index contributed by atoms with van der Waals surface area (Å²) < 4.78 is 5.32. The minimum atomic E-state index is 0.313. The van der Waals surface area contributed by atoms with Crippen LogP contribution in [-0.4, -0.2) is 40.7 Å². The van der Waals surface area contributed by atoms with E-state index in [0.717, 1.165) is 36.8 Å². The minimum Gasteiger partial charge on any atom is -0.339 e. The molecular weight excluding hydrogens is 252 g/mol. The lowest BCUT2D eigenvalue weighted by Crippen LogP contribution is -2.39. The number of aromatic nitrogens is 2. The molecule has 0 bridgehead atoms. The quantitative estimate of drug-likeness (QED) is 0.864. The fourth-order valence-corrected chi connectivity index (χ4v) is 2.94. The van der Waals surface area contributed by atoms with Crippen molar-refractivity contribution in [3.05, 3.63) is 11.7 Å². The molecule has 1 saturated heterocycles. The zero-order valence-corrected chi connectivity index (χ0v) is 12.6. The Bertz CT molecular complexity index is 421. The average Bonchev–Trinajstić information content (AvgIpc) is 3.19. The summed E-state index contributed by atoms with van der Waals surface area (Å²) in [7, 11) is 0. The molecule has 0 amide bonds. The highest BCUT2D eigenvalue weighted by molar-refractivity contribution is 4.94. The number of piperidine rings is 1. The van der Waals surface area contributed by atoms with E-state index < -0.39 is 0 Å². The normalized spacial score (nSPS) is 23.7. The molecule has 1 saturated carbocycles. The van der Waals surface area contributed by atoms with Gasteiger partial charge in [-0.3, -0.25) is 4.90 Å². The molecule has 1 N–H and O–H groups in total. The topological polar surface area (TPSA) is 54.2 Å². The van der Waals surface area contributed by atoms with Gasteiger partial charge in [-0.2, -0.15) is 4.98 Å². The summed E-state index contributed by atoms with van der Waals surface area (Å²) >= 11 is 0. The van der Waals surface area contributed by atoms with Gasteiger partial charge in [-0.05, 0) is 44.7 Å². The van der Waals surface area contributed by atoms with Crippen molar-refractivity contribution in [1.29, 1.82) is 0 Å². The van der Waals surface area contributed by atoms with Gasteiger partial charge in [-0.15, -0.1) is 0 Å². The Hall–Kier alpha value is -0.940. The van der Waals surface area contributed by atoms with Crippen molar-refractivity contribution in [2.45, 2.75) is 58.0 Å². The Balaban J connectivity index is 1.58. The first kappa shape index (κ1) is 14.0. The molecule has 1 aliphatic heterocycles. The molecule has 2 heterocycles. The minimum absolute atomic E-state index is 0.313. The maximum atomic E-state index is 5.32. The van der Waals surface area contributed by atoms with E-state index in [-0.39, 0.29) is 0 Å². The fourth-order valence-electron chi connectivity index (χ4n) is 2.94. The van der Waals surface area contributed by atoms with Gasteiger partial charge in [0.05, 0.1) is 6.54 Å². The van der Waals surface area contributed by atoms with Crippen molar-refractivity contribution in [2.24, 2.45) is 5.92 Å². The van der Waals surface area contributed by atoms with E-state index in [1.165, 1.54) is 38.8 Å². The monoisotopic (exact) mass is 278 g/mol. The largest absolute Gasteiger partial charge is 0.339 e. The second-order valence-electron chi connectivity index (χ2n) is 6.58. The van der Waals surface area contributed by atoms with Gasteiger partial charge in [-0.1, -0.05) is 19.0 Å². The Morgan fingerprint density at radius 3 is 2.80 bits per heavy atom. The predicted molar refractivity (Wildman–Crippen MR) is 77.4 cm³/mol. The van der Waals surface area contributed by atoms with Gasteiger partial charge in [0.25, 0.3) is 0 Å². The smallest absolute Gasteiger partial charge is 0.229 e. The lowest BCUT2D eigenvalue weighted by Gasteiger charge is -2.29. The van der Waals surface area contributed by atoms with Crippen LogP contribution in [0.1, 0.15) is 57.2 Å².